The molecule has 2 nitrogen and oxygen atoms in total. The second-order valence-electron chi connectivity index (χ2n) is 4.69. The number of nitrogens with zero attached hydrogens (tertiary/aromatic N) is 1. The van der Waals surface area contributed by atoms with Crippen molar-refractivity contribution in [3.05, 3.63) is 29.8 Å². The summed E-state index contributed by atoms with van der Waals surface area (Å²) in [5.41, 5.74) is 2.29. The molecule has 1 N–H and O–H groups in total. The molecule has 0 heterocycles. The van der Waals surface area contributed by atoms with Crippen LogP contribution in [0, 0.1) is 18.3 Å². The molecule has 1 aliphatic rings. The van der Waals surface area contributed by atoms with Crippen LogP contribution in [0.1, 0.15) is 24.8 Å². The molecule has 0 aliphatic heterocycles. The summed E-state index contributed by atoms with van der Waals surface area (Å²) in [7, 11) is 0. The maximum Gasteiger partial charge on any atom is 0.129 e. The van der Waals surface area contributed by atoms with Gasteiger partial charge in [-0.3, -0.25) is 0 Å². The summed E-state index contributed by atoms with van der Waals surface area (Å²) >= 11 is 1.83. The first-order valence-corrected chi connectivity index (χ1v) is 7.21. The number of hydrogen-bond acceptors (Lipinski definition) is 3. The molecule has 1 fully saturated rings. The van der Waals surface area contributed by atoms with E-state index in [4.69, 9.17) is 0 Å². The van der Waals surface area contributed by atoms with Gasteiger partial charge in [0.25, 0.3) is 0 Å². The highest BCUT2D eigenvalue weighted by Crippen LogP contribution is 2.46. The number of nitrogens with one attached hydrogen (secondary N) is 1. The van der Waals surface area contributed by atoms with Crippen LogP contribution in [0.15, 0.2) is 24.3 Å². The molecule has 0 aromatic heterocycles. The summed E-state index contributed by atoms with van der Waals surface area (Å²) in [6.45, 7) is 2.07. The van der Waals surface area contributed by atoms with Crippen LogP contribution in [-0.2, 0) is 0 Å². The predicted octanol–water partition coefficient (Wildman–Crippen LogP) is 3.58. The maximum absolute atomic E-state index is 9.35. The van der Waals surface area contributed by atoms with Crippen molar-refractivity contribution in [1.82, 2.24) is 0 Å². The van der Waals surface area contributed by atoms with E-state index in [1.54, 1.807) is 0 Å². The van der Waals surface area contributed by atoms with Crippen LogP contribution in [0.5, 0.6) is 0 Å². The molecule has 0 bridgehead atoms. The minimum atomic E-state index is -0.0889. The summed E-state index contributed by atoms with van der Waals surface area (Å²) in [5, 5.41) is 12.7. The van der Waals surface area contributed by atoms with E-state index in [0.29, 0.717) is 0 Å². The first kappa shape index (κ1) is 12.3. The average molecular weight is 246 g/mol. The molecule has 1 aromatic rings. The molecule has 0 amide bonds. The van der Waals surface area contributed by atoms with Crippen LogP contribution in [0.2, 0.25) is 0 Å². The van der Waals surface area contributed by atoms with Crippen molar-refractivity contribution in [2.75, 3.05) is 11.6 Å². The van der Waals surface area contributed by atoms with Gasteiger partial charge in [-0.1, -0.05) is 24.1 Å². The standard InChI is InChI=1S/C14H18N2S/c1-11-4-6-12(7-5-11)16-13(10-15)14(17-2)8-3-9-14/h4-7,13,16H,3,8-9H2,1-2H3. The maximum atomic E-state index is 9.35. The van der Waals surface area contributed by atoms with E-state index in [-0.39, 0.29) is 10.8 Å². The third-order valence-corrected chi connectivity index (χ3v) is 5.08. The number of thioether (sulfide) groups is 1. The molecule has 17 heavy (non-hydrogen) atoms. The molecule has 1 unspecified atom stereocenters. The zero-order chi connectivity index (χ0) is 12.3. The van der Waals surface area contributed by atoms with Crippen LogP contribution in [0.3, 0.4) is 0 Å². The van der Waals surface area contributed by atoms with Crippen molar-refractivity contribution in [2.24, 2.45) is 0 Å². The summed E-state index contributed by atoms with van der Waals surface area (Å²) in [5.74, 6) is 0. The fourth-order valence-electron chi connectivity index (χ4n) is 2.23. The number of anilines is 1. The van der Waals surface area contributed by atoms with E-state index >= 15 is 0 Å². The van der Waals surface area contributed by atoms with E-state index in [0.717, 1.165) is 18.5 Å². The molecular weight excluding hydrogens is 228 g/mol. The monoisotopic (exact) mass is 246 g/mol. The SMILES string of the molecule is CSC1(C(C#N)Nc2ccc(C)cc2)CCC1. The molecule has 1 aliphatic carbocycles. The van der Waals surface area contributed by atoms with Crippen molar-refractivity contribution in [3.63, 3.8) is 0 Å². The summed E-state index contributed by atoms with van der Waals surface area (Å²) < 4.78 is 0.125. The summed E-state index contributed by atoms with van der Waals surface area (Å²) in [6, 6.07) is 10.6. The lowest BCUT2D eigenvalue weighted by Gasteiger charge is -2.44. The first-order valence-electron chi connectivity index (χ1n) is 5.98. The number of nitriles is 1. The van der Waals surface area contributed by atoms with Gasteiger partial charge in [-0.05, 0) is 38.2 Å². The highest BCUT2D eigenvalue weighted by atomic mass is 32.2. The smallest absolute Gasteiger partial charge is 0.129 e. The molecule has 1 atom stereocenters. The van der Waals surface area contributed by atoms with Crippen LogP contribution in [-0.4, -0.2) is 17.0 Å². The molecule has 1 aromatic carbocycles. The van der Waals surface area contributed by atoms with E-state index < -0.39 is 0 Å². The van der Waals surface area contributed by atoms with Gasteiger partial charge in [-0.2, -0.15) is 17.0 Å². The van der Waals surface area contributed by atoms with Gasteiger partial charge in [0.05, 0.1) is 6.07 Å². The lowest BCUT2D eigenvalue weighted by molar-refractivity contribution is 0.350. The lowest BCUT2D eigenvalue weighted by Crippen LogP contribution is -2.48. The summed E-state index contributed by atoms with van der Waals surface area (Å²) in [6.07, 6.45) is 5.64. The normalized spacial score (nSPS) is 18.9. The number of aryl methyl sites for hydroxylation is 1. The average Bonchev–Trinajstić information content (AvgIpc) is 2.29. The van der Waals surface area contributed by atoms with Crippen molar-refractivity contribution >= 4 is 17.4 Å². The fourth-order valence-corrected chi connectivity index (χ4v) is 3.28. The van der Waals surface area contributed by atoms with Gasteiger partial charge in [0, 0.05) is 10.4 Å². The quantitative estimate of drug-likeness (QED) is 0.882. The molecule has 0 radical (unpaired) electrons. The van der Waals surface area contributed by atoms with Gasteiger partial charge < -0.3 is 5.32 Å². The summed E-state index contributed by atoms with van der Waals surface area (Å²) in [4.78, 5) is 0. The van der Waals surface area contributed by atoms with E-state index in [1.165, 1.54) is 12.0 Å². The molecule has 0 saturated heterocycles. The Bertz CT molecular complexity index is 409. The zero-order valence-electron chi connectivity index (χ0n) is 10.4. The molecule has 1 saturated carbocycles. The zero-order valence-corrected chi connectivity index (χ0v) is 11.2. The molecular formula is C14H18N2S. The second-order valence-corrected chi connectivity index (χ2v) is 5.92. The van der Waals surface area contributed by atoms with Crippen LogP contribution in [0.25, 0.3) is 0 Å². The highest BCUT2D eigenvalue weighted by molar-refractivity contribution is 8.00. The Balaban J connectivity index is 2.10. The molecule has 90 valence electrons. The largest absolute Gasteiger partial charge is 0.369 e. The van der Waals surface area contributed by atoms with Crippen LogP contribution >= 0.6 is 11.8 Å². The van der Waals surface area contributed by atoms with Crippen LogP contribution < -0.4 is 5.32 Å². The fraction of sp³-hybridized carbons (Fsp3) is 0.500. The first-order chi connectivity index (χ1) is 8.20. The van der Waals surface area contributed by atoms with Crippen molar-refractivity contribution in [1.29, 1.82) is 5.26 Å². The highest BCUT2D eigenvalue weighted by Gasteiger charge is 2.43. The van der Waals surface area contributed by atoms with E-state index in [2.05, 4.69) is 36.7 Å². The lowest BCUT2D eigenvalue weighted by atomic mass is 9.79. The predicted molar refractivity (Wildman–Crippen MR) is 74.3 cm³/mol. The third kappa shape index (κ3) is 2.42. The van der Waals surface area contributed by atoms with E-state index in [9.17, 15) is 5.26 Å². The van der Waals surface area contributed by atoms with Crippen molar-refractivity contribution < 1.29 is 0 Å². The Kier molecular flexibility index (Phi) is 3.63. The van der Waals surface area contributed by atoms with Gasteiger partial charge in [0.2, 0.25) is 0 Å². The Hall–Kier alpha value is -1.14. The Morgan fingerprint density at radius 2 is 2.00 bits per heavy atom. The van der Waals surface area contributed by atoms with Gasteiger partial charge in [0.15, 0.2) is 0 Å². The van der Waals surface area contributed by atoms with Gasteiger partial charge in [-0.25, -0.2) is 0 Å². The van der Waals surface area contributed by atoms with Gasteiger partial charge in [-0.15, -0.1) is 0 Å². The van der Waals surface area contributed by atoms with Gasteiger partial charge in [0.1, 0.15) is 6.04 Å². The Morgan fingerprint density at radius 3 is 2.41 bits per heavy atom. The van der Waals surface area contributed by atoms with E-state index in [1.807, 2.05) is 23.9 Å². The topological polar surface area (TPSA) is 35.8 Å². The minimum Gasteiger partial charge on any atom is -0.369 e. The van der Waals surface area contributed by atoms with Crippen molar-refractivity contribution in [2.45, 2.75) is 37.0 Å². The molecule has 3 heteroatoms. The second kappa shape index (κ2) is 5.01. The van der Waals surface area contributed by atoms with Crippen LogP contribution in [0.4, 0.5) is 5.69 Å². The minimum absolute atomic E-state index is 0.0889. The number of benzene rings is 1. The number of rotatable bonds is 4. The van der Waals surface area contributed by atoms with Gasteiger partial charge >= 0.3 is 0 Å². The Labute approximate surface area is 107 Å². The number of hydrogen-bond donors (Lipinski definition) is 1. The molecule has 2 rings (SSSR count). The van der Waals surface area contributed by atoms with Crippen molar-refractivity contribution in [3.8, 4) is 6.07 Å². The Morgan fingerprint density at radius 1 is 1.35 bits per heavy atom. The molecule has 0 spiro atoms. The third-order valence-electron chi connectivity index (χ3n) is 3.62.